The van der Waals surface area contributed by atoms with Gasteiger partial charge in [0.25, 0.3) is 0 Å². The van der Waals surface area contributed by atoms with E-state index in [1.54, 1.807) is 6.92 Å². The molecule has 0 spiro atoms. The number of guanidine groups is 1. The maximum atomic E-state index is 10.9. The molecule has 0 radical (unpaired) electrons. The van der Waals surface area contributed by atoms with Crippen molar-refractivity contribution in [2.24, 2.45) is 4.99 Å². The Labute approximate surface area is 185 Å². The van der Waals surface area contributed by atoms with E-state index in [9.17, 15) is 5.11 Å². The largest absolute Gasteiger partial charge is 0.466 e. The van der Waals surface area contributed by atoms with Gasteiger partial charge in [-0.2, -0.15) is 0 Å². The van der Waals surface area contributed by atoms with Gasteiger partial charge in [0, 0.05) is 31.9 Å². The number of aliphatic hydroxyl groups is 1. The number of rotatable bonds is 7. The molecule has 0 bridgehead atoms. The zero-order chi connectivity index (χ0) is 20.0. The van der Waals surface area contributed by atoms with Crippen LogP contribution in [0, 0.1) is 13.8 Å². The van der Waals surface area contributed by atoms with E-state index < -0.39 is 5.60 Å². The molecule has 1 aromatic heterocycles. The summed E-state index contributed by atoms with van der Waals surface area (Å²) in [6.07, 6.45) is 0. The van der Waals surface area contributed by atoms with Crippen LogP contribution in [0.2, 0.25) is 0 Å². The van der Waals surface area contributed by atoms with Gasteiger partial charge in [-0.15, -0.1) is 24.0 Å². The number of hydrogen-bond acceptors (Lipinski definition) is 4. The van der Waals surface area contributed by atoms with E-state index in [0.29, 0.717) is 19.0 Å². The fourth-order valence-electron chi connectivity index (χ4n) is 2.93. The van der Waals surface area contributed by atoms with Crippen LogP contribution in [0.3, 0.4) is 0 Å². The minimum atomic E-state index is -1.05. The van der Waals surface area contributed by atoms with Gasteiger partial charge in [0.1, 0.15) is 17.1 Å². The Balaban J connectivity index is 0.00000392. The normalized spacial score (nSPS) is 13.5. The molecule has 0 aliphatic heterocycles. The molecule has 1 heterocycles. The zero-order valence-electron chi connectivity index (χ0n) is 17.7. The molecule has 0 saturated heterocycles. The minimum absolute atomic E-state index is 0. The fourth-order valence-corrected chi connectivity index (χ4v) is 2.93. The second-order valence-electron chi connectivity index (χ2n) is 7.21. The highest BCUT2D eigenvalue weighted by Gasteiger charge is 2.27. The third-order valence-corrected chi connectivity index (χ3v) is 4.44. The monoisotopic (exact) mass is 500 g/mol. The summed E-state index contributed by atoms with van der Waals surface area (Å²) in [5, 5.41) is 17.3. The third-order valence-electron chi connectivity index (χ3n) is 4.44. The molecule has 1 unspecified atom stereocenters. The molecule has 6 nitrogen and oxygen atoms in total. The number of hydrogen-bond donors (Lipinski definition) is 3. The number of halogens is 1. The summed E-state index contributed by atoms with van der Waals surface area (Å²) in [5.41, 5.74) is 2.04. The Morgan fingerprint density at radius 3 is 2.32 bits per heavy atom. The molecule has 156 valence electrons. The second-order valence-corrected chi connectivity index (χ2v) is 7.21. The Morgan fingerprint density at radius 2 is 1.82 bits per heavy atom. The van der Waals surface area contributed by atoms with Crippen molar-refractivity contribution in [1.82, 2.24) is 10.6 Å². The standard InChI is InChI=1S/C21H32N4O2.HI/c1-7-22-20(23-13-17-8-10-18(11-9-17)25(5)6)24-14-21(4,26)19-12-15(2)27-16(19)3;/h8-12,26H,7,13-14H2,1-6H3,(H2,22,23,24);1H. The third kappa shape index (κ3) is 6.70. The summed E-state index contributed by atoms with van der Waals surface area (Å²) in [7, 11) is 4.05. The molecule has 28 heavy (non-hydrogen) atoms. The SMILES string of the molecule is CCNC(=NCc1ccc(N(C)C)cc1)NCC(C)(O)c1cc(C)oc1C.I. The molecule has 0 saturated carbocycles. The summed E-state index contributed by atoms with van der Waals surface area (Å²) in [5.74, 6) is 2.21. The number of nitrogens with zero attached hydrogens (tertiary/aromatic N) is 2. The molecule has 1 atom stereocenters. The van der Waals surface area contributed by atoms with Gasteiger partial charge in [0.2, 0.25) is 0 Å². The molecule has 0 amide bonds. The highest BCUT2D eigenvalue weighted by Crippen LogP contribution is 2.26. The number of anilines is 1. The van der Waals surface area contributed by atoms with Crippen molar-refractivity contribution in [2.45, 2.75) is 39.8 Å². The fraction of sp³-hybridized carbons (Fsp3) is 0.476. The highest BCUT2D eigenvalue weighted by atomic mass is 127. The summed E-state index contributed by atoms with van der Waals surface area (Å²) in [6, 6.07) is 10.2. The van der Waals surface area contributed by atoms with E-state index in [1.165, 1.54) is 0 Å². The first kappa shape index (κ1) is 24.3. The lowest BCUT2D eigenvalue weighted by Crippen LogP contribution is -2.44. The number of aliphatic imine (C=N–C) groups is 1. The molecule has 0 aliphatic carbocycles. The Hall–Kier alpha value is -1.74. The molecule has 2 aromatic rings. The lowest BCUT2D eigenvalue weighted by molar-refractivity contribution is 0.0601. The summed E-state index contributed by atoms with van der Waals surface area (Å²) < 4.78 is 5.55. The maximum Gasteiger partial charge on any atom is 0.191 e. The van der Waals surface area contributed by atoms with Crippen LogP contribution < -0.4 is 15.5 Å². The number of nitrogens with one attached hydrogen (secondary N) is 2. The van der Waals surface area contributed by atoms with Gasteiger partial charge < -0.3 is 25.1 Å². The number of aryl methyl sites for hydroxylation is 2. The van der Waals surface area contributed by atoms with Crippen LogP contribution in [0.25, 0.3) is 0 Å². The van der Waals surface area contributed by atoms with Gasteiger partial charge in [0.05, 0.1) is 13.1 Å². The molecular formula is C21H33IN4O2. The smallest absolute Gasteiger partial charge is 0.191 e. The van der Waals surface area contributed by atoms with Crippen molar-refractivity contribution in [3.05, 3.63) is 53.0 Å². The van der Waals surface area contributed by atoms with E-state index in [4.69, 9.17) is 4.42 Å². The minimum Gasteiger partial charge on any atom is -0.466 e. The molecule has 1 aromatic carbocycles. The van der Waals surface area contributed by atoms with Crippen molar-refractivity contribution < 1.29 is 9.52 Å². The zero-order valence-corrected chi connectivity index (χ0v) is 20.0. The molecule has 2 rings (SSSR count). The van der Waals surface area contributed by atoms with E-state index in [2.05, 4.69) is 44.8 Å². The van der Waals surface area contributed by atoms with Crippen LogP contribution in [0.15, 0.2) is 39.7 Å². The van der Waals surface area contributed by atoms with Gasteiger partial charge in [-0.05, 0) is 51.5 Å². The van der Waals surface area contributed by atoms with Crippen LogP contribution in [0.4, 0.5) is 5.69 Å². The van der Waals surface area contributed by atoms with Crippen LogP contribution in [-0.2, 0) is 12.1 Å². The first-order chi connectivity index (χ1) is 12.7. The van der Waals surface area contributed by atoms with Crippen LogP contribution >= 0.6 is 24.0 Å². The van der Waals surface area contributed by atoms with Crippen LogP contribution in [-0.4, -0.2) is 38.3 Å². The predicted octanol–water partition coefficient (Wildman–Crippen LogP) is 3.54. The topological polar surface area (TPSA) is 73.0 Å². The van der Waals surface area contributed by atoms with Gasteiger partial charge in [-0.3, -0.25) is 0 Å². The molecule has 0 fully saturated rings. The molecule has 7 heteroatoms. The van der Waals surface area contributed by atoms with Crippen LogP contribution in [0.1, 0.15) is 36.5 Å². The van der Waals surface area contributed by atoms with E-state index in [-0.39, 0.29) is 24.0 Å². The van der Waals surface area contributed by atoms with Crippen molar-refractivity contribution in [1.29, 1.82) is 0 Å². The predicted molar refractivity (Wildman–Crippen MR) is 127 cm³/mol. The number of furan rings is 1. The van der Waals surface area contributed by atoms with E-state index >= 15 is 0 Å². The first-order valence-electron chi connectivity index (χ1n) is 9.31. The van der Waals surface area contributed by atoms with Crippen LogP contribution in [0.5, 0.6) is 0 Å². The molecule has 0 aliphatic rings. The average Bonchev–Trinajstić information content (AvgIpc) is 2.97. The van der Waals surface area contributed by atoms with Crippen molar-refractivity contribution in [3.8, 4) is 0 Å². The van der Waals surface area contributed by atoms with Gasteiger partial charge in [-0.25, -0.2) is 4.99 Å². The van der Waals surface area contributed by atoms with E-state index in [0.717, 1.165) is 34.9 Å². The van der Waals surface area contributed by atoms with Crippen molar-refractivity contribution >= 4 is 35.6 Å². The van der Waals surface area contributed by atoms with Gasteiger partial charge in [-0.1, -0.05) is 12.1 Å². The average molecular weight is 500 g/mol. The Kier molecular flexibility index (Phi) is 9.29. The van der Waals surface area contributed by atoms with Crippen molar-refractivity contribution in [2.75, 3.05) is 32.1 Å². The second kappa shape index (κ2) is 10.7. The summed E-state index contributed by atoms with van der Waals surface area (Å²) in [6.45, 7) is 9.19. The van der Waals surface area contributed by atoms with E-state index in [1.807, 2.05) is 40.9 Å². The maximum absolute atomic E-state index is 10.9. The number of benzene rings is 1. The quantitative estimate of drug-likeness (QED) is 0.308. The lowest BCUT2D eigenvalue weighted by Gasteiger charge is -2.24. The van der Waals surface area contributed by atoms with Gasteiger partial charge >= 0.3 is 0 Å². The summed E-state index contributed by atoms with van der Waals surface area (Å²) >= 11 is 0. The Bertz CT molecular complexity index is 767. The van der Waals surface area contributed by atoms with Gasteiger partial charge in [0.15, 0.2) is 5.96 Å². The lowest BCUT2D eigenvalue weighted by atomic mass is 9.96. The summed E-state index contributed by atoms with van der Waals surface area (Å²) in [4.78, 5) is 6.70. The first-order valence-corrected chi connectivity index (χ1v) is 9.31. The molecular weight excluding hydrogens is 467 g/mol. The Morgan fingerprint density at radius 1 is 1.18 bits per heavy atom. The van der Waals surface area contributed by atoms with Crippen molar-refractivity contribution in [3.63, 3.8) is 0 Å². The molecule has 3 N–H and O–H groups in total. The highest BCUT2D eigenvalue weighted by molar-refractivity contribution is 14.0.